The Morgan fingerprint density at radius 2 is 1.84 bits per heavy atom. The second-order valence-electron chi connectivity index (χ2n) is 7.50. The van der Waals surface area contributed by atoms with Crippen LogP contribution < -0.4 is 15.4 Å². The highest BCUT2D eigenvalue weighted by Gasteiger charge is 2.23. The number of halogens is 1. The third-order valence-electron chi connectivity index (χ3n) is 5.20. The van der Waals surface area contributed by atoms with Crippen LogP contribution in [-0.4, -0.2) is 26.8 Å². The summed E-state index contributed by atoms with van der Waals surface area (Å²) in [7, 11) is -3.81. The van der Waals surface area contributed by atoms with E-state index in [9.17, 15) is 22.4 Å². The summed E-state index contributed by atoms with van der Waals surface area (Å²) in [6.07, 6.45) is 3.93. The number of rotatable bonds is 8. The van der Waals surface area contributed by atoms with Crippen molar-refractivity contribution in [3.63, 3.8) is 0 Å². The highest BCUT2D eigenvalue weighted by Crippen LogP contribution is 2.26. The Labute approximate surface area is 181 Å². The number of anilines is 1. The minimum absolute atomic E-state index is 0.000491. The van der Waals surface area contributed by atoms with Crippen molar-refractivity contribution in [2.24, 2.45) is 5.92 Å². The molecule has 2 aromatic rings. The third-order valence-corrected chi connectivity index (χ3v) is 6.74. The first-order valence-corrected chi connectivity index (χ1v) is 11.8. The van der Waals surface area contributed by atoms with Crippen LogP contribution in [0.3, 0.4) is 0 Å². The van der Waals surface area contributed by atoms with Crippen molar-refractivity contribution < 1.29 is 22.4 Å². The van der Waals surface area contributed by atoms with Crippen molar-refractivity contribution in [2.45, 2.75) is 44.0 Å². The van der Waals surface area contributed by atoms with Gasteiger partial charge in [0.05, 0.1) is 10.5 Å². The van der Waals surface area contributed by atoms with Gasteiger partial charge in [-0.3, -0.25) is 9.59 Å². The van der Waals surface area contributed by atoms with Gasteiger partial charge in [-0.05, 0) is 48.7 Å². The topological polar surface area (TPSA) is 104 Å². The minimum atomic E-state index is -3.81. The lowest BCUT2D eigenvalue weighted by molar-refractivity contribution is -0.119. The molecular formula is C22H26FN3O4S. The fourth-order valence-electron chi connectivity index (χ4n) is 3.59. The zero-order valence-corrected chi connectivity index (χ0v) is 18.1. The summed E-state index contributed by atoms with van der Waals surface area (Å²) in [5.41, 5.74) is 0.993. The molecule has 0 unspecified atom stereocenters. The summed E-state index contributed by atoms with van der Waals surface area (Å²) in [5.74, 6) is -1.51. The summed E-state index contributed by atoms with van der Waals surface area (Å²) in [4.78, 5) is 24.6. The van der Waals surface area contributed by atoms with Crippen LogP contribution in [0.1, 0.15) is 48.5 Å². The Hall–Kier alpha value is -2.78. The molecule has 2 aromatic carbocycles. The van der Waals surface area contributed by atoms with Crippen LogP contribution in [0, 0.1) is 11.7 Å². The minimum Gasteiger partial charge on any atom is -0.348 e. The van der Waals surface area contributed by atoms with E-state index < -0.39 is 21.7 Å². The van der Waals surface area contributed by atoms with E-state index in [1.54, 1.807) is 31.2 Å². The van der Waals surface area contributed by atoms with E-state index in [0.717, 1.165) is 49.4 Å². The molecule has 0 aromatic heterocycles. The van der Waals surface area contributed by atoms with E-state index in [1.807, 2.05) is 0 Å². The van der Waals surface area contributed by atoms with Crippen LogP contribution in [0.25, 0.3) is 0 Å². The van der Waals surface area contributed by atoms with E-state index >= 15 is 0 Å². The number of benzene rings is 2. The molecule has 2 amide bonds. The van der Waals surface area contributed by atoms with Gasteiger partial charge in [-0.2, -0.15) is 0 Å². The molecule has 9 heteroatoms. The largest absolute Gasteiger partial charge is 0.348 e. The van der Waals surface area contributed by atoms with Crippen LogP contribution in [0.2, 0.25) is 0 Å². The average Bonchev–Trinajstić information content (AvgIpc) is 3.27. The molecule has 0 atom stereocenters. The molecule has 0 radical (unpaired) electrons. The summed E-state index contributed by atoms with van der Waals surface area (Å²) >= 11 is 0. The van der Waals surface area contributed by atoms with E-state index in [0.29, 0.717) is 5.69 Å². The first kappa shape index (κ1) is 22.9. The summed E-state index contributed by atoms with van der Waals surface area (Å²) < 4.78 is 40.7. The highest BCUT2D eigenvalue weighted by atomic mass is 32.2. The fourth-order valence-corrected chi connectivity index (χ4v) is 4.65. The number of amides is 2. The molecular weight excluding hydrogens is 421 g/mol. The molecule has 7 nitrogen and oxygen atoms in total. The third kappa shape index (κ3) is 5.89. The summed E-state index contributed by atoms with van der Waals surface area (Å²) in [6, 6.07) is 10.1. The highest BCUT2D eigenvalue weighted by molar-refractivity contribution is 7.89. The Morgan fingerprint density at radius 1 is 1.10 bits per heavy atom. The van der Waals surface area contributed by atoms with Gasteiger partial charge in [-0.1, -0.05) is 31.9 Å². The monoisotopic (exact) mass is 447 g/mol. The zero-order chi connectivity index (χ0) is 22.4. The molecule has 1 aliphatic carbocycles. The quantitative estimate of drug-likeness (QED) is 0.578. The smallest absolute Gasteiger partial charge is 0.254 e. The molecule has 3 rings (SSSR count). The Morgan fingerprint density at radius 3 is 2.55 bits per heavy atom. The van der Waals surface area contributed by atoms with Gasteiger partial charge >= 0.3 is 0 Å². The molecule has 1 fully saturated rings. The lowest BCUT2D eigenvalue weighted by Crippen LogP contribution is -2.26. The van der Waals surface area contributed by atoms with Crippen molar-refractivity contribution in [2.75, 3.05) is 11.9 Å². The predicted molar refractivity (Wildman–Crippen MR) is 115 cm³/mol. The van der Waals surface area contributed by atoms with Gasteiger partial charge in [0.25, 0.3) is 5.91 Å². The number of hydrogen-bond donors (Lipinski definition) is 3. The molecule has 166 valence electrons. The van der Waals surface area contributed by atoms with E-state index in [2.05, 4.69) is 15.4 Å². The maximum Gasteiger partial charge on any atom is 0.254 e. The van der Waals surface area contributed by atoms with Crippen LogP contribution in [0.15, 0.2) is 47.4 Å². The van der Waals surface area contributed by atoms with Gasteiger partial charge in [0.2, 0.25) is 15.9 Å². The maximum absolute atomic E-state index is 14.2. The molecule has 0 saturated heterocycles. The predicted octanol–water partition coefficient (Wildman–Crippen LogP) is 3.18. The van der Waals surface area contributed by atoms with Crippen molar-refractivity contribution in [3.8, 4) is 0 Å². The molecule has 0 bridgehead atoms. The van der Waals surface area contributed by atoms with Crippen LogP contribution >= 0.6 is 0 Å². The Kier molecular flexibility index (Phi) is 7.40. The van der Waals surface area contributed by atoms with Gasteiger partial charge < -0.3 is 10.6 Å². The maximum atomic E-state index is 14.2. The summed E-state index contributed by atoms with van der Waals surface area (Å²) in [6.45, 7) is 1.89. The van der Waals surface area contributed by atoms with Crippen LogP contribution in [0.4, 0.5) is 10.1 Å². The standard InChI is InChI=1S/C22H26FN3O4S/c1-2-25-31(29,30)18-10-11-20(23)19(13-18)22(28)24-14-15-6-5-9-17(12-15)26-21(27)16-7-3-4-8-16/h5-6,9-13,16,25H,2-4,7-8,14H2,1H3,(H,24,28)(H,26,27). The van der Waals surface area contributed by atoms with Gasteiger partial charge in [0, 0.05) is 24.7 Å². The molecule has 3 N–H and O–H groups in total. The number of carbonyl (C=O) groups is 2. The fraction of sp³-hybridized carbons (Fsp3) is 0.364. The van der Waals surface area contributed by atoms with E-state index in [4.69, 9.17) is 0 Å². The lowest BCUT2D eigenvalue weighted by Gasteiger charge is -2.12. The van der Waals surface area contributed by atoms with E-state index in [-0.39, 0.29) is 35.4 Å². The lowest BCUT2D eigenvalue weighted by atomic mass is 10.1. The van der Waals surface area contributed by atoms with Crippen molar-refractivity contribution in [1.29, 1.82) is 0 Å². The van der Waals surface area contributed by atoms with Crippen molar-refractivity contribution in [3.05, 3.63) is 59.4 Å². The normalized spacial score (nSPS) is 14.4. The molecule has 1 saturated carbocycles. The number of nitrogens with one attached hydrogen (secondary N) is 3. The first-order chi connectivity index (χ1) is 14.8. The van der Waals surface area contributed by atoms with Gasteiger partial charge in [-0.15, -0.1) is 0 Å². The van der Waals surface area contributed by atoms with Gasteiger partial charge in [0.1, 0.15) is 5.82 Å². The van der Waals surface area contributed by atoms with Crippen LogP contribution in [-0.2, 0) is 21.4 Å². The van der Waals surface area contributed by atoms with Crippen molar-refractivity contribution in [1.82, 2.24) is 10.0 Å². The number of hydrogen-bond acceptors (Lipinski definition) is 4. The van der Waals surface area contributed by atoms with Crippen molar-refractivity contribution >= 4 is 27.5 Å². The average molecular weight is 448 g/mol. The number of sulfonamides is 1. The Bertz CT molecular complexity index is 1070. The zero-order valence-electron chi connectivity index (χ0n) is 17.3. The molecule has 1 aliphatic rings. The van der Waals surface area contributed by atoms with Crippen LogP contribution in [0.5, 0.6) is 0 Å². The SMILES string of the molecule is CCNS(=O)(=O)c1ccc(F)c(C(=O)NCc2cccc(NC(=O)C3CCCC3)c2)c1. The second kappa shape index (κ2) is 10.0. The second-order valence-corrected chi connectivity index (χ2v) is 9.26. The molecule has 31 heavy (non-hydrogen) atoms. The first-order valence-electron chi connectivity index (χ1n) is 10.3. The molecule has 0 aliphatic heterocycles. The van der Waals surface area contributed by atoms with Gasteiger partial charge in [0.15, 0.2) is 0 Å². The number of carbonyl (C=O) groups excluding carboxylic acids is 2. The van der Waals surface area contributed by atoms with E-state index in [1.165, 1.54) is 0 Å². The molecule has 0 heterocycles. The van der Waals surface area contributed by atoms with Gasteiger partial charge in [-0.25, -0.2) is 17.5 Å². The molecule has 0 spiro atoms. The summed E-state index contributed by atoms with van der Waals surface area (Å²) in [5, 5.41) is 5.50. The Balaban J connectivity index is 1.66.